The Morgan fingerprint density at radius 3 is 2.75 bits per heavy atom. The van der Waals surface area contributed by atoms with E-state index in [0.717, 1.165) is 61.3 Å². The van der Waals surface area contributed by atoms with Crippen LogP contribution < -0.4 is 25.8 Å². The number of rotatable bonds is 7. The number of ether oxygens (including phenoxy) is 2. The minimum absolute atomic E-state index is 0.0511. The van der Waals surface area contributed by atoms with Crippen LogP contribution in [-0.4, -0.2) is 36.0 Å². The zero-order valence-electron chi connectivity index (χ0n) is 24.5. The largest absolute Gasteiger partial charge is 0.493 e. The number of aliphatic imine (C=N–C) groups is 1. The Hall–Kier alpha value is -3.55. The summed E-state index contributed by atoms with van der Waals surface area (Å²) < 4.78 is 12.0. The van der Waals surface area contributed by atoms with Crippen molar-refractivity contribution in [3.05, 3.63) is 58.7 Å². The van der Waals surface area contributed by atoms with Gasteiger partial charge in [0.2, 0.25) is 5.91 Å². The predicted molar refractivity (Wildman–Crippen MR) is 158 cm³/mol. The fraction of sp³-hybridized carbons (Fsp3) is 0.531. The highest BCUT2D eigenvalue weighted by Gasteiger charge is 2.35. The van der Waals surface area contributed by atoms with Gasteiger partial charge in [-0.2, -0.15) is 0 Å². The third-order valence-corrected chi connectivity index (χ3v) is 7.72. The van der Waals surface area contributed by atoms with Gasteiger partial charge in [-0.15, -0.1) is 0 Å². The van der Waals surface area contributed by atoms with E-state index in [9.17, 15) is 9.59 Å². The first-order chi connectivity index (χ1) is 19.2. The lowest BCUT2D eigenvalue weighted by Gasteiger charge is -2.38. The van der Waals surface area contributed by atoms with Gasteiger partial charge >= 0.3 is 0 Å². The first-order valence-electron chi connectivity index (χ1n) is 14.7. The Bertz CT molecular complexity index is 1260. The van der Waals surface area contributed by atoms with Crippen LogP contribution in [0.5, 0.6) is 11.5 Å². The second kappa shape index (κ2) is 12.7. The lowest BCUT2D eigenvalue weighted by molar-refractivity contribution is -0.120. The van der Waals surface area contributed by atoms with E-state index in [2.05, 4.69) is 48.5 Å². The van der Waals surface area contributed by atoms with Crippen LogP contribution in [0.15, 0.2) is 41.4 Å². The van der Waals surface area contributed by atoms with Crippen molar-refractivity contribution >= 4 is 17.8 Å². The van der Waals surface area contributed by atoms with Crippen LogP contribution in [0, 0.1) is 0 Å². The molecule has 216 valence electrons. The maximum atomic E-state index is 13.3. The molecule has 0 spiro atoms. The number of aryl methyl sites for hydroxylation is 1. The molecule has 0 radical (unpaired) electrons. The second-order valence-corrected chi connectivity index (χ2v) is 11.4. The van der Waals surface area contributed by atoms with Gasteiger partial charge in [0, 0.05) is 24.0 Å². The molecule has 2 aromatic rings. The normalized spacial score (nSPS) is 21.5. The average molecular weight is 549 g/mol. The Morgan fingerprint density at radius 1 is 1.20 bits per heavy atom. The molecule has 3 heterocycles. The van der Waals surface area contributed by atoms with E-state index in [1.165, 1.54) is 5.56 Å². The number of carbonyl (C=O) groups is 2. The van der Waals surface area contributed by atoms with Crippen LogP contribution in [0.2, 0.25) is 0 Å². The highest BCUT2D eigenvalue weighted by molar-refractivity contribution is 5.98. The molecule has 8 nitrogen and oxygen atoms in total. The molecular formula is C32H44N4O4. The fourth-order valence-electron chi connectivity index (χ4n) is 5.73. The van der Waals surface area contributed by atoms with Gasteiger partial charge in [0.05, 0.1) is 18.7 Å². The summed E-state index contributed by atoms with van der Waals surface area (Å²) in [5, 5.41) is 5.84. The Labute approximate surface area is 238 Å². The molecule has 0 saturated carbocycles. The Kier molecular flexibility index (Phi) is 9.38. The van der Waals surface area contributed by atoms with Crippen molar-refractivity contribution in [2.45, 2.75) is 103 Å². The van der Waals surface area contributed by atoms with E-state index in [4.69, 9.17) is 15.2 Å². The minimum Gasteiger partial charge on any atom is -0.493 e. The molecule has 5 rings (SSSR count). The molecule has 2 aromatic carbocycles. The number of fused-ring (bicyclic) bond motifs is 2. The smallest absolute Gasteiger partial charge is 0.251 e. The van der Waals surface area contributed by atoms with Gasteiger partial charge < -0.3 is 20.5 Å². The summed E-state index contributed by atoms with van der Waals surface area (Å²) in [4.78, 5) is 29.4. The maximum Gasteiger partial charge on any atom is 0.251 e. The zero-order chi connectivity index (χ0) is 28.9. The third-order valence-electron chi connectivity index (χ3n) is 7.72. The first-order valence-corrected chi connectivity index (χ1v) is 14.7. The van der Waals surface area contributed by atoms with Crippen molar-refractivity contribution in [2.24, 2.45) is 10.7 Å². The molecule has 3 aliphatic rings. The SMILES string of the molecule is CC.CC(CCCC1CC(=O)NC(N)=N1)c1ccc2c(c1)C(NC(=O)c1ccc3c(c1)CCCO3)CC(C)(C)O2. The summed E-state index contributed by atoms with van der Waals surface area (Å²) in [7, 11) is 0. The van der Waals surface area contributed by atoms with Gasteiger partial charge in [-0.3, -0.25) is 14.9 Å². The quantitative estimate of drug-likeness (QED) is 0.420. The van der Waals surface area contributed by atoms with Gasteiger partial charge in [-0.05, 0) is 86.9 Å². The summed E-state index contributed by atoms with van der Waals surface area (Å²) in [5.74, 6) is 2.08. The van der Waals surface area contributed by atoms with Crippen LogP contribution in [-0.2, 0) is 11.2 Å². The lowest BCUT2D eigenvalue weighted by atomic mass is 9.86. The van der Waals surface area contributed by atoms with Crippen molar-refractivity contribution in [2.75, 3.05) is 6.61 Å². The van der Waals surface area contributed by atoms with E-state index in [1.807, 2.05) is 38.1 Å². The molecule has 4 N–H and O–H groups in total. The van der Waals surface area contributed by atoms with Gasteiger partial charge in [0.1, 0.15) is 17.1 Å². The molecule has 2 amide bonds. The van der Waals surface area contributed by atoms with E-state index in [0.29, 0.717) is 24.3 Å². The Balaban J connectivity index is 0.00000181. The average Bonchev–Trinajstić information content (AvgIpc) is 2.92. The second-order valence-electron chi connectivity index (χ2n) is 11.4. The predicted octanol–water partition coefficient (Wildman–Crippen LogP) is 5.55. The Morgan fingerprint density at radius 2 is 1.98 bits per heavy atom. The fourth-order valence-corrected chi connectivity index (χ4v) is 5.73. The van der Waals surface area contributed by atoms with Crippen molar-refractivity contribution in [1.29, 1.82) is 0 Å². The highest BCUT2D eigenvalue weighted by atomic mass is 16.5. The summed E-state index contributed by atoms with van der Waals surface area (Å²) >= 11 is 0. The number of benzene rings is 2. The summed E-state index contributed by atoms with van der Waals surface area (Å²) in [5.41, 5.74) is 9.29. The minimum atomic E-state index is -0.392. The molecule has 3 atom stereocenters. The molecule has 40 heavy (non-hydrogen) atoms. The number of nitrogens with zero attached hydrogens (tertiary/aromatic N) is 1. The third kappa shape index (κ3) is 7.14. The number of nitrogens with one attached hydrogen (secondary N) is 2. The van der Waals surface area contributed by atoms with E-state index in [1.54, 1.807) is 0 Å². The van der Waals surface area contributed by atoms with E-state index < -0.39 is 5.60 Å². The van der Waals surface area contributed by atoms with Crippen LogP contribution in [0.4, 0.5) is 0 Å². The van der Waals surface area contributed by atoms with Crippen LogP contribution in [0.25, 0.3) is 0 Å². The number of amides is 2. The molecule has 0 aromatic heterocycles. The van der Waals surface area contributed by atoms with E-state index in [-0.39, 0.29) is 29.9 Å². The van der Waals surface area contributed by atoms with Gasteiger partial charge in [-0.25, -0.2) is 4.99 Å². The number of guanidine groups is 1. The maximum absolute atomic E-state index is 13.3. The van der Waals surface area contributed by atoms with Gasteiger partial charge in [-0.1, -0.05) is 33.3 Å². The lowest BCUT2D eigenvalue weighted by Crippen LogP contribution is -2.43. The van der Waals surface area contributed by atoms with E-state index >= 15 is 0 Å². The monoisotopic (exact) mass is 548 g/mol. The molecule has 0 saturated heterocycles. The van der Waals surface area contributed by atoms with Gasteiger partial charge in [0.15, 0.2) is 5.96 Å². The molecule has 0 bridgehead atoms. The van der Waals surface area contributed by atoms with Crippen molar-refractivity contribution in [3.63, 3.8) is 0 Å². The molecule has 3 aliphatic heterocycles. The van der Waals surface area contributed by atoms with Crippen LogP contribution >= 0.6 is 0 Å². The number of nitrogens with two attached hydrogens (primary N) is 1. The number of hydrogen-bond acceptors (Lipinski definition) is 6. The topological polar surface area (TPSA) is 115 Å². The standard InChI is InChI=1S/C30H38N4O4.C2H6/c1-18(6-4-8-22-16-27(35)34-29(31)32-22)19-9-12-26-23(15-19)24(17-30(2,3)38-26)33-28(36)21-10-11-25-20(14-21)7-5-13-37-25;1-2/h9-12,14-15,18,22,24H,4-8,13,16-17H2,1-3H3,(H,33,36)(H3,31,32,34,35);1-2H3. The zero-order valence-corrected chi connectivity index (χ0v) is 24.5. The molecular weight excluding hydrogens is 504 g/mol. The summed E-state index contributed by atoms with van der Waals surface area (Å²) in [6.07, 6.45) is 5.70. The van der Waals surface area contributed by atoms with Gasteiger partial charge in [0.25, 0.3) is 5.91 Å². The van der Waals surface area contributed by atoms with Crippen molar-refractivity contribution < 1.29 is 19.1 Å². The van der Waals surface area contributed by atoms with Crippen LogP contribution in [0.1, 0.15) is 112 Å². The first kappa shape index (κ1) is 29.4. The summed E-state index contributed by atoms with van der Waals surface area (Å²) in [6.45, 7) is 11.1. The van der Waals surface area contributed by atoms with Crippen molar-refractivity contribution in [3.8, 4) is 11.5 Å². The molecule has 0 fully saturated rings. The highest BCUT2D eigenvalue weighted by Crippen LogP contribution is 2.41. The van der Waals surface area contributed by atoms with Crippen LogP contribution in [0.3, 0.4) is 0 Å². The molecule has 3 unspecified atom stereocenters. The molecule has 8 heteroatoms. The van der Waals surface area contributed by atoms with Crippen molar-refractivity contribution in [1.82, 2.24) is 10.6 Å². The summed E-state index contributed by atoms with van der Waals surface area (Å²) in [6, 6.07) is 11.8. The number of hydrogen-bond donors (Lipinski definition) is 3. The molecule has 0 aliphatic carbocycles. The number of carbonyl (C=O) groups excluding carboxylic acids is 2.